The van der Waals surface area contributed by atoms with Crippen LogP contribution < -0.4 is 0 Å². The fourth-order valence-corrected chi connectivity index (χ4v) is 6.58. The van der Waals surface area contributed by atoms with Crippen molar-refractivity contribution in [2.24, 2.45) is 5.92 Å². The molecule has 0 bridgehead atoms. The highest BCUT2D eigenvalue weighted by atomic mass is 32.2. The van der Waals surface area contributed by atoms with E-state index in [1.807, 2.05) is 6.07 Å². The summed E-state index contributed by atoms with van der Waals surface area (Å²) in [7, 11) is -3.39. The second kappa shape index (κ2) is 6.85. The number of oxazole rings is 1. The first-order valence-corrected chi connectivity index (χ1v) is 11.4. The van der Waals surface area contributed by atoms with Gasteiger partial charge in [0.05, 0.1) is 11.1 Å². The number of sulfonamides is 1. The normalized spacial score (nSPS) is 21.2. The third-order valence-electron chi connectivity index (χ3n) is 5.39. The maximum atomic E-state index is 12.8. The van der Waals surface area contributed by atoms with E-state index in [0.29, 0.717) is 34.9 Å². The molecule has 7 heteroatoms. The molecule has 1 aliphatic heterocycles. The van der Waals surface area contributed by atoms with Crippen LogP contribution in [0.15, 0.2) is 27.0 Å². The Balaban J connectivity index is 1.53. The molecule has 2 aromatic rings. The minimum Gasteiger partial charge on any atom is -0.440 e. The molecule has 0 spiro atoms. The monoisotopic (exact) mass is 380 g/mol. The second-order valence-corrected chi connectivity index (χ2v) is 10.5. The first-order valence-electron chi connectivity index (χ1n) is 9.10. The average molecular weight is 381 g/mol. The van der Waals surface area contributed by atoms with Gasteiger partial charge in [0.25, 0.3) is 10.0 Å². The molecule has 2 aromatic heterocycles. The van der Waals surface area contributed by atoms with E-state index >= 15 is 0 Å². The lowest BCUT2D eigenvalue weighted by molar-refractivity contribution is 0.288. The lowest BCUT2D eigenvalue weighted by Crippen LogP contribution is -2.37. The molecule has 0 unspecified atom stereocenters. The summed E-state index contributed by atoms with van der Waals surface area (Å²) < 4.78 is 33.6. The van der Waals surface area contributed by atoms with E-state index in [1.165, 1.54) is 24.2 Å². The van der Waals surface area contributed by atoms with Crippen molar-refractivity contribution in [2.75, 3.05) is 13.1 Å². The van der Waals surface area contributed by atoms with Gasteiger partial charge in [-0.3, -0.25) is 0 Å². The summed E-state index contributed by atoms with van der Waals surface area (Å²) in [6.45, 7) is 3.41. The van der Waals surface area contributed by atoms with E-state index in [-0.39, 0.29) is 0 Å². The molecule has 2 aliphatic rings. The van der Waals surface area contributed by atoms with E-state index in [0.717, 1.165) is 36.5 Å². The van der Waals surface area contributed by atoms with Crippen LogP contribution in [-0.4, -0.2) is 30.8 Å². The van der Waals surface area contributed by atoms with E-state index in [2.05, 4.69) is 11.9 Å². The largest absolute Gasteiger partial charge is 0.440 e. The van der Waals surface area contributed by atoms with Crippen LogP contribution in [-0.2, 0) is 10.0 Å². The molecule has 0 amide bonds. The Labute approximate surface area is 153 Å². The Morgan fingerprint density at radius 3 is 2.60 bits per heavy atom. The Hall–Kier alpha value is -1.18. The van der Waals surface area contributed by atoms with E-state index in [1.54, 1.807) is 16.6 Å². The average Bonchev–Trinajstić information content (AvgIpc) is 3.34. The molecule has 3 heterocycles. The number of aromatic nitrogens is 1. The standard InChI is InChI=1S/C18H24N2O3S2/c1-13-8-10-20(11-9-13)25(21,22)17-7-6-16(24-17)15-12-19-18(23-15)14-4-2-3-5-14/h6-7,12-14H,2-5,8-11H2,1H3. The summed E-state index contributed by atoms with van der Waals surface area (Å²) in [6, 6.07) is 3.54. The maximum Gasteiger partial charge on any atom is 0.252 e. The fraction of sp³-hybridized carbons (Fsp3) is 0.611. The van der Waals surface area contributed by atoms with Crippen LogP contribution in [0.3, 0.4) is 0 Å². The lowest BCUT2D eigenvalue weighted by atomic mass is 10.0. The molecule has 1 saturated heterocycles. The van der Waals surface area contributed by atoms with Crippen LogP contribution in [0.25, 0.3) is 10.6 Å². The highest BCUT2D eigenvalue weighted by molar-refractivity contribution is 7.91. The zero-order valence-corrected chi connectivity index (χ0v) is 16.1. The van der Waals surface area contributed by atoms with Crippen LogP contribution >= 0.6 is 11.3 Å². The van der Waals surface area contributed by atoms with E-state index in [4.69, 9.17) is 4.42 Å². The van der Waals surface area contributed by atoms with Crippen LogP contribution in [0.5, 0.6) is 0 Å². The summed E-state index contributed by atoms with van der Waals surface area (Å²) in [4.78, 5) is 5.26. The van der Waals surface area contributed by atoms with Gasteiger partial charge in [0.15, 0.2) is 11.7 Å². The molecule has 0 N–H and O–H groups in total. The molecule has 0 aromatic carbocycles. The quantitative estimate of drug-likeness (QED) is 0.784. The second-order valence-electron chi connectivity index (χ2n) is 7.25. The number of piperidine rings is 1. The Morgan fingerprint density at radius 1 is 1.16 bits per heavy atom. The first kappa shape index (κ1) is 17.2. The SMILES string of the molecule is CC1CCN(S(=O)(=O)c2ccc(-c3cnc(C4CCCC4)o3)s2)CC1. The van der Waals surface area contributed by atoms with Crippen LogP contribution in [0.1, 0.15) is 57.3 Å². The van der Waals surface area contributed by atoms with Gasteiger partial charge in [0, 0.05) is 19.0 Å². The van der Waals surface area contributed by atoms with Gasteiger partial charge in [0.1, 0.15) is 4.21 Å². The van der Waals surface area contributed by atoms with E-state index in [9.17, 15) is 8.42 Å². The number of rotatable bonds is 4. The Kier molecular flexibility index (Phi) is 4.73. The first-order chi connectivity index (χ1) is 12.0. The third-order valence-corrected chi connectivity index (χ3v) is 8.85. The van der Waals surface area contributed by atoms with E-state index < -0.39 is 10.0 Å². The molecule has 0 radical (unpaired) electrons. The predicted octanol–water partition coefficient (Wildman–Crippen LogP) is 4.48. The van der Waals surface area contributed by atoms with Crippen LogP contribution in [0.2, 0.25) is 0 Å². The molecular weight excluding hydrogens is 356 g/mol. The molecule has 25 heavy (non-hydrogen) atoms. The Morgan fingerprint density at radius 2 is 1.88 bits per heavy atom. The van der Waals surface area contributed by atoms with Crippen molar-refractivity contribution in [3.63, 3.8) is 0 Å². The van der Waals surface area contributed by atoms with Gasteiger partial charge in [-0.2, -0.15) is 4.31 Å². The van der Waals surface area contributed by atoms with Crippen molar-refractivity contribution >= 4 is 21.4 Å². The van der Waals surface area contributed by atoms with Crippen molar-refractivity contribution in [1.82, 2.24) is 9.29 Å². The smallest absolute Gasteiger partial charge is 0.252 e. The summed E-state index contributed by atoms with van der Waals surface area (Å²) in [6.07, 6.45) is 8.35. The predicted molar refractivity (Wildman–Crippen MR) is 98.2 cm³/mol. The van der Waals surface area contributed by atoms with Crippen LogP contribution in [0, 0.1) is 5.92 Å². The van der Waals surface area contributed by atoms with Crippen molar-refractivity contribution in [1.29, 1.82) is 0 Å². The number of hydrogen-bond donors (Lipinski definition) is 0. The van der Waals surface area contributed by atoms with Gasteiger partial charge < -0.3 is 4.42 Å². The summed E-state index contributed by atoms with van der Waals surface area (Å²) in [5.41, 5.74) is 0. The molecule has 4 rings (SSSR count). The zero-order valence-electron chi connectivity index (χ0n) is 14.5. The lowest BCUT2D eigenvalue weighted by Gasteiger charge is -2.28. The Bertz CT molecular complexity index is 826. The summed E-state index contributed by atoms with van der Waals surface area (Å²) in [5.74, 6) is 2.51. The van der Waals surface area contributed by atoms with Gasteiger partial charge in [-0.15, -0.1) is 11.3 Å². The zero-order chi connectivity index (χ0) is 17.4. The minimum absolute atomic E-state index is 0.399. The van der Waals surface area contributed by atoms with Gasteiger partial charge in [-0.1, -0.05) is 19.8 Å². The molecule has 0 atom stereocenters. The topological polar surface area (TPSA) is 63.4 Å². The number of thiophene rings is 1. The number of hydrogen-bond acceptors (Lipinski definition) is 5. The van der Waals surface area contributed by atoms with Crippen molar-refractivity contribution < 1.29 is 12.8 Å². The number of nitrogens with zero attached hydrogens (tertiary/aromatic N) is 2. The summed E-state index contributed by atoms with van der Waals surface area (Å²) in [5, 5.41) is 0. The van der Waals surface area contributed by atoms with Crippen molar-refractivity contribution in [2.45, 2.75) is 55.6 Å². The molecule has 136 valence electrons. The molecular formula is C18H24N2O3S2. The minimum atomic E-state index is -3.39. The highest BCUT2D eigenvalue weighted by Gasteiger charge is 2.30. The summed E-state index contributed by atoms with van der Waals surface area (Å²) >= 11 is 1.28. The molecule has 2 fully saturated rings. The molecule has 1 saturated carbocycles. The van der Waals surface area contributed by atoms with Crippen molar-refractivity contribution in [3.05, 3.63) is 24.2 Å². The van der Waals surface area contributed by atoms with Crippen molar-refractivity contribution in [3.8, 4) is 10.6 Å². The highest BCUT2D eigenvalue weighted by Crippen LogP contribution is 2.38. The van der Waals surface area contributed by atoms with Gasteiger partial charge >= 0.3 is 0 Å². The van der Waals surface area contributed by atoms with Crippen LogP contribution in [0.4, 0.5) is 0 Å². The molecule has 1 aliphatic carbocycles. The molecule has 5 nitrogen and oxygen atoms in total. The fourth-order valence-electron chi connectivity index (χ4n) is 3.71. The van der Waals surface area contributed by atoms with Gasteiger partial charge in [-0.05, 0) is 43.7 Å². The maximum absolute atomic E-state index is 12.8. The van der Waals surface area contributed by atoms with Gasteiger partial charge in [-0.25, -0.2) is 13.4 Å². The third kappa shape index (κ3) is 3.41. The van der Waals surface area contributed by atoms with Gasteiger partial charge in [0.2, 0.25) is 0 Å².